The van der Waals surface area contributed by atoms with Crippen LogP contribution in [0.5, 0.6) is 0 Å². The number of nitrogens with zero attached hydrogens (tertiary/aromatic N) is 2. The van der Waals surface area contributed by atoms with Crippen molar-refractivity contribution in [3.8, 4) is 0 Å². The predicted octanol–water partition coefficient (Wildman–Crippen LogP) is 2.73. The topological polar surface area (TPSA) is 72.9 Å². The highest BCUT2D eigenvalue weighted by atomic mass is 79.9. The number of hydrogen-bond donors (Lipinski definition) is 2. The standard InChI is InChI=1S/C15H25BrN4O/c1-10(2)9-20-15(21)14(16)13(8-18-20)19-12-7-5-3-4-6-11(12)17/h8,10-12,19H,3-7,9,17H2,1-2H3. The Morgan fingerprint density at radius 1 is 1.43 bits per heavy atom. The summed E-state index contributed by atoms with van der Waals surface area (Å²) in [6, 6.07) is 0.350. The fourth-order valence-electron chi connectivity index (χ4n) is 2.76. The number of anilines is 1. The molecule has 6 heteroatoms. The molecule has 1 aromatic heterocycles. The molecule has 0 amide bonds. The molecule has 3 N–H and O–H groups in total. The van der Waals surface area contributed by atoms with Crippen molar-refractivity contribution in [2.24, 2.45) is 11.7 Å². The van der Waals surface area contributed by atoms with Crippen molar-refractivity contribution in [3.05, 3.63) is 21.0 Å². The van der Waals surface area contributed by atoms with Crippen LogP contribution < -0.4 is 16.6 Å². The van der Waals surface area contributed by atoms with Crippen LogP contribution in [0.3, 0.4) is 0 Å². The van der Waals surface area contributed by atoms with Gasteiger partial charge in [-0.05, 0) is 34.7 Å². The maximum atomic E-state index is 12.3. The molecule has 0 aliphatic heterocycles. The molecule has 0 saturated heterocycles. The van der Waals surface area contributed by atoms with Crippen molar-refractivity contribution in [1.29, 1.82) is 0 Å². The second kappa shape index (κ2) is 7.40. The molecule has 5 nitrogen and oxygen atoms in total. The number of nitrogens with one attached hydrogen (secondary N) is 1. The Bertz CT molecular complexity index is 529. The van der Waals surface area contributed by atoms with Crippen LogP contribution in [0.4, 0.5) is 5.69 Å². The van der Waals surface area contributed by atoms with Gasteiger partial charge in [-0.2, -0.15) is 5.10 Å². The molecule has 0 aromatic carbocycles. The van der Waals surface area contributed by atoms with Crippen molar-refractivity contribution in [2.75, 3.05) is 5.32 Å². The van der Waals surface area contributed by atoms with Crippen LogP contribution in [0.15, 0.2) is 15.5 Å². The van der Waals surface area contributed by atoms with E-state index in [-0.39, 0.29) is 17.6 Å². The Morgan fingerprint density at radius 3 is 2.86 bits per heavy atom. The highest BCUT2D eigenvalue weighted by Gasteiger charge is 2.21. The Hall–Kier alpha value is -0.880. The molecule has 2 atom stereocenters. The van der Waals surface area contributed by atoms with Crippen molar-refractivity contribution in [3.63, 3.8) is 0 Å². The third-order valence-corrected chi connectivity index (χ3v) is 4.70. The first-order valence-corrected chi connectivity index (χ1v) is 8.56. The highest BCUT2D eigenvalue weighted by Crippen LogP contribution is 2.23. The van der Waals surface area contributed by atoms with E-state index in [0.717, 1.165) is 18.5 Å². The average Bonchev–Trinajstić information content (AvgIpc) is 2.63. The number of halogens is 1. The van der Waals surface area contributed by atoms with Crippen LogP contribution in [-0.4, -0.2) is 21.9 Å². The lowest BCUT2D eigenvalue weighted by Gasteiger charge is -2.24. The van der Waals surface area contributed by atoms with Crippen LogP contribution in [0, 0.1) is 5.92 Å². The Morgan fingerprint density at radius 2 is 2.14 bits per heavy atom. The molecule has 2 unspecified atom stereocenters. The first kappa shape index (κ1) is 16.5. The molecule has 1 aliphatic rings. The second-order valence-corrected chi connectivity index (χ2v) is 7.10. The molecule has 1 aromatic rings. The smallest absolute Gasteiger partial charge is 0.283 e. The third kappa shape index (κ3) is 4.30. The molecule has 1 fully saturated rings. The van der Waals surface area contributed by atoms with Crippen LogP contribution in [-0.2, 0) is 6.54 Å². The molecular formula is C15H25BrN4O. The Labute approximate surface area is 134 Å². The largest absolute Gasteiger partial charge is 0.378 e. The molecule has 1 aliphatic carbocycles. The van der Waals surface area contributed by atoms with Gasteiger partial charge in [-0.3, -0.25) is 4.79 Å². The lowest BCUT2D eigenvalue weighted by atomic mass is 10.0. The summed E-state index contributed by atoms with van der Waals surface area (Å²) in [4.78, 5) is 12.3. The van der Waals surface area contributed by atoms with Gasteiger partial charge in [0, 0.05) is 18.6 Å². The van der Waals surface area contributed by atoms with E-state index in [1.165, 1.54) is 23.9 Å². The summed E-state index contributed by atoms with van der Waals surface area (Å²) in [7, 11) is 0. The summed E-state index contributed by atoms with van der Waals surface area (Å²) in [5.74, 6) is 0.385. The van der Waals surface area contributed by atoms with E-state index in [1.807, 2.05) is 0 Å². The van der Waals surface area contributed by atoms with Gasteiger partial charge in [-0.25, -0.2) is 4.68 Å². The lowest BCUT2D eigenvalue weighted by molar-refractivity contribution is 0.462. The van der Waals surface area contributed by atoms with Crippen LogP contribution in [0.1, 0.15) is 46.0 Å². The number of nitrogens with two attached hydrogens (primary N) is 1. The van der Waals surface area contributed by atoms with Crippen molar-refractivity contribution >= 4 is 21.6 Å². The van der Waals surface area contributed by atoms with E-state index >= 15 is 0 Å². The predicted molar refractivity (Wildman–Crippen MR) is 89.5 cm³/mol. The van der Waals surface area contributed by atoms with E-state index in [4.69, 9.17) is 5.73 Å². The SMILES string of the molecule is CC(C)Cn1ncc(NC2CCCCCC2N)c(Br)c1=O. The fraction of sp³-hybridized carbons (Fsp3) is 0.733. The molecular weight excluding hydrogens is 332 g/mol. The van der Waals surface area contributed by atoms with Crippen molar-refractivity contribution in [1.82, 2.24) is 9.78 Å². The average molecular weight is 357 g/mol. The first-order valence-electron chi connectivity index (χ1n) is 7.76. The molecule has 0 spiro atoms. The molecule has 1 saturated carbocycles. The molecule has 2 rings (SSSR count). The zero-order valence-corrected chi connectivity index (χ0v) is 14.4. The maximum absolute atomic E-state index is 12.3. The van der Waals surface area contributed by atoms with Crippen molar-refractivity contribution < 1.29 is 0 Å². The molecule has 0 bridgehead atoms. The van der Waals surface area contributed by atoms with Gasteiger partial charge in [0.15, 0.2) is 0 Å². The quantitative estimate of drug-likeness (QED) is 0.813. The van der Waals surface area contributed by atoms with E-state index in [1.54, 1.807) is 6.20 Å². The van der Waals surface area contributed by atoms with Gasteiger partial charge in [0.25, 0.3) is 5.56 Å². The summed E-state index contributed by atoms with van der Waals surface area (Å²) >= 11 is 3.41. The monoisotopic (exact) mass is 356 g/mol. The van der Waals surface area contributed by atoms with Gasteiger partial charge in [-0.1, -0.05) is 33.1 Å². The number of aromatic nitrogens is 2. The highest BCUT2D eigenvalue weighted by molar-refractivity contribution is 9.10. The second-order valence-electron chi connectivity index (χ2n) is 6.31. The summed E-state index contributed by atoms with van der Waals surface area (Å²) in [6.45, 7) is 4.76. The fourth-order valence-corrected chi connectivity index (χ4v) is 3.18. The number of rotatable bonds is 4. The molecule has 118 valence electrons. The van der Waals surface area contributed by atoms with Crippen LogP contribution in [0.2, 0.25) is 0 Å². The van der Waals surface area contributed by atoms with Gasteiger partial charge in [0.1, 0.15) is 4.47 Å². The minimum Gasteiger partial charge on any atom is -0.378 e. The minimum atomic E-state index is -0.0871. The summed E-state index contributed by atoms with van der Waals surface area (Å²) in [5.41, 5.74) is 6.89. The Kier molecular flexibility index (Phi) is 5.81. The minimum absolute atomic E-state index is 0.0871. The normalized spacial score (nSPS) is 23.1. The van der Waals surface area contributed by atoms with Gasteiger partial charge in [-0.15, -0.1) is 0 Å². The third-order valence-electron chi connectivity index (χ3n) is 3.93. The molecule has 1 heterocycles. The lowest BCUT2D eigenvalue weighted by Crippen LogP contribution is -2.40. The zero-order valence-electron chi connectivity index (χ0n) is 12.8. The van der Waals surface area contributed by atoms with Crippen LogP contribution >= 0.6 is 15.9 Å². The summed E-state index contributed by atoms with van der Waals surface area (Å²) in [6.07, 6.45) is 7.41. The van der Waals surface area contributed by atoms with Gasteiger partial charge in [0.2, 0.25) is 0 Å². The van der Waals surface area contributed by atoms with E-state index in [0.29, 0.717) is 16.9 Å². The van der Waals surface area contributed by atoms with Gasteiger partial charge >= 0.3 is 0 Å². The summed E-state index contributed by atoms with van der Waals surface area (Å²) < 4.78 is 2.06. The summed E-state index contributed by atoms with van der Waals surface area (Å²) in [5, 5.41) is 7.68. The van der Waals surface area contributed by atoms with E-state index in [9.17, 15) is 4.79 Å². The number of hydrogen-bond acceptors (Lipinski definition) is 4. The maximum Gasteiger partial charge on any atom is 0.283 e. The molecule has 21 heavy (non-hydrogen) atoms. The van der Waals surface area contributed by atoms with Crippen LogP contribution in [0.25, 0.3) is 0 Å². The van der Waals surface area contributed by atoms with E-state index in [2.05, 4.69) is 40.2 Å². The van der Waals surface area contributed by atoms with Gasteiger partial charge in [0.05, 0.1) is 11.9 Å². The van der Waals surface area contributed by atoms with Crippen molar-refractivity contribution in [2.45, 2.75) is 64.6 Å². The zero-order chi connectivity index (χ0) is 15.4. The van der Waals surface area contributed by atoms with E-state index < -0.39 is 0 Å². The van der Waals surface area contributed by atoms with Gasteiger partial charge < -0.3 is 11.1 Å². The Balaban J connectivity index is 2.16. The first-order chi connectivity index (χ1) is 9.99. The molecule has 0 radical (unpaired) electrons.